The molecule has 0 aromatic heterocycles. The minimum atomic E-state index is -3.60. The third-order valence-electron chi connectivity index (χ3n) is 2.79. The molecule has 0 aliphatic heterocycles. The van der Waals surface area contributed by atoms with Crippen molar-refractivity contribution in [3.05, 3.63) is 29.8 Å². The molecule has 2 N–H and O–H groups in total. The van der Waals surface area contributed by atoms with E-state index in [4.69, 9.17) is 14.9 Å². The van der Waals surface area contributed by atoms with Crippen LogP contribution >= 0.6 is 0 Å². The van der Waals surface area contributed by atoms with Gasteiger partial charge in [0.05, 0.1) is 30.2 Å². The van der Waals surface area contributed by atoms with E-state index in [1.807, 2.05) is 0 Å². The van der Waals surface area contributed by atoms with Crippen molar-refractivity contribution in [1.82, 2.24) is 0 Å². The Bertz CT molecular complexity index is 555. The third-order valence-corrected chi connectivity index (χ3v) is 4.66. The summed E-state index contributed by atoms with van der Waals surface area (Å²) in [6.45, 7) is -0.0872. The molecular formula is C13H19NO6S. The fraction of sp³-hybridized carbons (Fsp3) is 0.462. The molecule has 0 aliphatic carbocycles. The van der Waals surface area contributed by atoms with Gasteiger partial charge in [-0.2, -0.15) is 0 Å². The summed E-state index contributed by atoms with van der Waals surface area (Å²) in [5.74, 6) is -1.19. The average Bonchev–Trinajstić information content (AvgIpc) is 2.45. The van der Waals surface area contributed by atoms with Crippen molar-refractivity contribution >= 4 is 21.7 Å². The number of hydrogen-bond donors (Lipinski definition) is 2. The predicted octanol–water partition coefficient (Wildman–Crippen LogP) is 0.550. The van der Waals surface area contributed by atoms with Gasteiger partial charge in [-0.05, 0) is 30.7 Å². The first kappa shape index (κ1) is 17.4. The van der Waals surface area contributed by atoms with Crippen LogP contribution < -0.4 is 4.31 Å². The Labute approximate surface area is 123 Å². The van der Waals surface area contributed by atoms with E-state index in [1.54, 1.807) is 0 Å². The molecule has 1 aromatic rings. The molecule has 8 heteroatoms. The van der Waals surface area contributed by atoms with E-state index in [9.17, 15) is 13.2 Å². The van der Waals surface area contributed by atoms with E-state index in [-0.39, 0.29) is 24.5 Å². The molecule has 1 rings (SSSR count). The van der Waals surface area contributed by atoms with Crippen LogP contribution in [0.3, 0.4) is 0 Å². The molecule has 0 saturated heterocycles. The van der Waals surface area contributed by atoms with Crippen LogP contribution in [0.2, 0.25) is 0 Å². The molecule has 7 nitrogen and oxygen atoms in total. The van der Waals surface area contributed by atoms with Gasteiger partial charge in [0, 0.05) is 13.7 Å². The molecule has 0 heterocycles. The lowest BCUT2D eigenvalue weighted by Crippen LogP contribution is -2.35. The summed E-state index contributed by atoms with van der Waals surface area (Å²) in [4.78, 5) is 10.8. The monoisotopic (exact) mass is 317 g/mol. The van der Waals surface area contributed by atoms with Gasteiger partial charge >= 0.3 is 5.97 Å². The minimum Gasteiger partial charge on any atom is -0.478 e. The first-order chi connectivity index (χ1) is 9.92. The van der Waals surface area contributed by atoms with Gasteiger partial charge in [-0.1, -0.05) is 0 Å². The summed E-state index contributed by atoms with van der Waals surface area (Å²) >= 11 is 0. The maximum absolute atomic E-state index is 12.3. The maximum Gasteiger partial charge on any atom is 0.335 e. The number of aliphatic hydroxyl groups is 1. The SMILES string of the molecule is COCCCS(=O)(=O)N(CCO)c1ccc(C(=O)O)cc1. The molecule has 1 aromatic carbocycles. The van der Waals surface area contributed by atoms with Crippen molar-refractivity contribution in [3.8, 4) is 0 Å². The number of benzene rings is 1. The summed E-state index contributed by atoms with van der Waals surface area (Å²) in [5, 5.41) is 17.9. The molecule has 118 valence electrons. The number of hydrogen-bond acceptors (Lipinski definition) is 5. The first-order valence-electron chi connectivity index (χ1n) is 6.36. The number of sulfonamides is 1. The van der Waals surface area contributed by atoms with Crippen LogP contribution in [-0.4, -0.2) is 57.2 Å². The zero-order chi connectivity index (χ0) is 15.9. The van der Waals surface area contributed by atoms with E-state index in [0.29, 0.717) is 18.7 Å². The molecular weight excluding hydrogens is 298 g/mol. The topological polar surface area (TPSA) is 104 Å². The van der Waals surface area contributed by atoms with Gasteiger partial charge < -0.3 is 14.9 Å². The number of aromatic carboxylic acids is 1. The zero-order valence-corrected chi connectivity index (χ0v) is 12.5. The second-order valence-corrected chi connectivity index (χ2v) is 6.32. The standard InChI is InChI=1S/C13H19NO6S/c1-20-9-2-10-21(18,19)14(7-8-15)12-5-3-11(4-6-12)13(16)17/h3-6,15H,2,7-10H2,1H3,(H,16,17). The number of nitrogens with zero attached hydrogens (tertiary/aromatic N) is 1. The largest absolute Gasteiger partial charge is 0.478 e. The van der Waals surface area contributed by atoms with Crippen LogP contribution in [0.15, 0.2) is 24.3 Å². The fourth-order valence-corrected chi connectivity index (χ4v) is 3.29. The zero-order valence-electron chi connectivity index (χ0n) is 11.7. The Kier molecular flexibility index (Phi) is 6.60. The van der Waals surface area contributed by atoms with Crippen molar-refractivity contribution in [1.29, 1.82) is 0 Å². The lowest BCUT2D eigenvalue weighted by molar-refractivity contribution is 0.0697. The van der Waals surface area contributed by atoms with Crippen molar-refractivity contribution in [2.24, 2.45) is 0 Å². The Morgan fingerprint density at radius 3 is 2.38 bits per heavy atom. The maximum atomic E-state index is 12.3. The second kappa shape index (κ2) is 7.96. The number of ether oxygens (including phenoxy) is 1. The molecule has 0 atom stereocenters. The minimum absolute atomic E-state index is 0.0690. The van der Waals surface area contributed by atoms with Crippen molar-refractivity contribution in [2.45, 2.75) is 6.42 Å². The molecule has 21 heavy (non-hydrogen) atoms. The summed E-state index contributed by atoms with van der Waals surface area (Å²) < 4.78 is 30.4. The van der Waals surface area contributed by atoms with Crippen LogP contribution in [-0.2, 0) is 14.8 Å². The second-order valence-electron chi connectivity index (χ2n) is 4.31. The van der Waals surface area contributed by atoms with Gasteiger partial charge in [0.1, 0.15) is 0 Å². The number of rotatable bonds is 9. The molecule has 0 fully saturated rings. The number of aliphatic hydroxyl groups excluding tert-OH is 1. The van der Waals surface area contributed by atoms with Gasteiger partial charge in [-0.3, -0.25) is 4.31 Å². The van der Waals surface area contributed by atoms with E-state index < -0.39 is 16.0 Å². The smallest absolute Gasteiger partial charge is 0.335 e. The number of carboxylic acids is 1. The van der Waals surface area contributed by atoms with Crippen LogP contribution in [0.4, 0.5) is 5.69 Å². The Balaban J connectivity index is 2.97. The van der Waals surface area contributed by atoms with E-state index in [1.165, 1.54) is 31.4 Å². The summed E-state index contributed by atoms with van der Waals surface area (Å²) in [6, 6.07) is 5.47. The van der Waals surface area contributed by atoms with E-state index in [0.717, 1.165) is 4.31 Å². The molecule has 0 radical (unpaired) electrons. The Morgan fingerprint density at radius 1 is 1.29 bits per heavy atom. The molecule has 0 unspecified atom stereocenters. The summed E-state index contributed by atoms with van der Waals surface area (Å²) in [7, 11) is -2.11. The molecule has 0 bridgehead atoms. The van der Waals surface area contributed by atoms with Gasteiger partial charge in [-0.15, -0.1) is 0 Å². The summed E-state index contributed by atoms with van der Waals surface area (Å²) in [6.07, 6.45) is 0.341. The van der Waals surface area contributed by atoms with Gasteiger partial charge in [0.25, 0.3) is 0 Å². The van der Waals surface area contributed by atoms with E-state index in [2.05, 4.69) is 0 Å². The number of carboxylic acid groups (broad SMARTS) is 1. The highest BCUT2D eigenvalue weighted by Crippen LogP contribution is 2.19. The average molecular weight is 317 g/mol. The lowest BCUT2D eigenvalue weighted by atomic mass is 10.2. The lowest BCUT2D eigenvalue weighted by Gasteiger charge is -2.23. The van der Waals surface area contributed by atoms with Gasteiger partial charge in [-0.25, -0.2) is 13.2 Å². The van der Waals surface area contributed by atoms with Crippen molar-refractivity contribution < 1.29 is 28.2 Å². The normalized spacial score (nSPS) is 11.3. The Morgan fingerprint density at radius 2 is 1.90 bits per heavy atom. The molecule has 0 saturated carbocycles. The van der Waals surface area contributed by atoms with Crippen molar-refractivity contribution in [2.75, 3.05) is 36.9 Å². The van der Waals surface area contributed by atoms with Gasteiger partial charge in [0.15, 0.2) is 0 Å². The number of carbonyl (C=O) groups is 1. The van der Waals surface area contributed by atoms with Crippen LogP contribution in [0.25, 0.3) is 0 Å². The van der Waals surface area contributed by atoms with Crippen LogP contribution in [0, 0.1) is 0 Å². The first-order valence-corrected chi connectivity index (χ1v) is 7.97. The quantitative estimate of drug-likeness (QED) is 0.645. The highest BCUT2D eigenvalue weighted by molar-refractivity contribution is 7.92. The molecule has 0 spiro atoms. The third kappa shape index (κ3) is 5.00. The molecule has 0 amide bonds. The number of methoxy groups -OCH3 is 1. The fourth-order valence-electron chi connectivity index (χ4n) is 1.79. The Hall–Kier alpha value is -1.64. The van der Waals surface area contributed by atoms with Gasteiger partial charge in [0.2, 0.25) is 10.0 Å². The van der Waals surface area contributed by atoms with Crippen molar-refractivity contribution in [3.63, 3.8) is 0 Å². The molecule has 0 aliphatic rings. The highest BCUT2D eigenvalue weighted by atomic mass is 32.2. The van der Waals surface area contributed by atoms with E-state index >= 15 is 0 Å². The number of anilines is 1. The van der Waals surface area contributed by atoms with Crippen LogP contribution in [0.5, 0.6) is 0 Å². The van der Waals surface area contributed by atoms with Crippen LogP contribution in [0.1, 0.15) is 16.8 Å². The summed E-state index contributed by atoms with van der Waals surface area (Å²) in [5.41, 5.74) is 0.394. The highest BCUT2D eigenvalue weighted by Gasteiger charge is 2.22. The predicted molar refractivity (Wildman–Crippen MR) is 78.1 cm³/mol.